The fourth-order valence-corrected chi connectivity index (χ4v) is 2.20. The quantitative estimate of drug-likeness (QED) is 0.724. The third kappa shape index (κ3) is 4.60. The standard InChI is InChI=1S/C18H18F3N5O/c1-17(2,3)13-9-24-15(27-13)10-23-14-8-12(18(19,20)21)25-16(26-14)11-6-4-5-7-22-11/h4-9H,10H2,1-3H3,(H,23,25,26). The Hall–Kier alpha value is -2.97. The Labute approximate surface area is 153 Å². The van der Waals surface area contributed by atoms with Crippen LogP contribution in [0, 0.1) is 0 Å². The van der Waals surface area contributed by atoms with E-state index in [0.29, 0.717) is 11.7 Å². The molecule has 0 aliphatic heterocycles. The minimum Gasteiger partial charge on any atom is -0.443 e. The first kappa shape index (κ1) is 18.8. The summed E-state index contributed by atoms with van der Waals surface area (Å²) in [6, 6.07) is 5.70. The Morgan fingerprint density at radius 1 is 1.07 bits per heavy atom. The molecule has 3 rings (SSSR count). The second-order valence-electron chi connectivity index (χ2n) is 6.90. The molecule has 3 heterocycles. The lowest BCUT2D eigenvalue weighted by molar-refractivity contribution is -0.141. The van der Waals surface area contributed by atoms with E-state index >= 15 is 0 Å². The summed E-state index contributed by atoms with van der Waals surface area (Å²) in [6.45, 7) is 6.02. The zero-order valence-corrected chi connectivity index (χ0v) is 15.0. The van der Waals surface area contributed by atoms with Gasteiger partial charge in [-0.25, -0.2) is 15.0 Å². The Kier molecular flexibility index (Phi) is 4.86. The second-order valence-corrected chi connectivity index (χ2v) is 6.90. The number of halogens is 3. The van der Waals surface area contributed by atoms with Crippen LogP contribution in [0.1, 0.15) is 38.1 Å². The number of aromatic nitrogens is 4. The summed E-state index contributed by atoms with van der Waals surface area (Å²) in [5.41, 5.74) is -1.02. The molecule has 1 N–H and O–H groups in total. The molecule has 0 radical (unpaired) electrons. The summed E-state index contributed by atoms with van der Waals surface area (Å²) in [5, 5.41) is 2.81. The highest BCUT2D eigenvalue weighted by molar-refractivity contribution is 5.53. The maximum atomic E-state index is 13.2. The number of alkyl halides is 3. The number of pyridine rings is 1. The van der Waals surface area contributed by atoms with Crippen LogP contribution >= 0.6 is 0 Å². The van der Waals surface area contributed by atoms with E-state index in [-0.39, 0.29) is 29.3 Å². The number of hydrogen-bond donors (Lipinski definition) is 1. The van der Waals surface area contributed by atoms with Crippen LogP contribution in [-0.4, -0.2) is 19.9 Å². The van der Waals surface area contributed by atoms with Crippen molar-refractivity contribution in [1.29, 1.82) is 0 Å². The Balaban J connectivity index is 1.87. The van der Waals surface area contributed by atoms with Gasteiger partial charge in [-0.3, -0.25) is 4.98 Å². The molecule has 0 aliphatic rings. The molecule has 0 aromatic carbocycles. The number of hydrogen-bond acceptors (Lipinski definition) is 6. The van der Waals surface area contributed by atoms with Crippen molar-refractivity contribution in [2.45, 2.75) is 38.9 Å². The first-order valence-electron chi connectivity index (χ1n) is 8.20. The second kappa shape index (κ2) is 6.98. The van der Waals surface area contributed by atoms with Gasteiger partial charge in [0.1, 0.15) is 17.3 Å². The van der Waals surface area contributed by atoms with Gasteiger partial charge in [-0.05, 0) is 12.1 Å². The van der Waals surface area contributed by atoms with Gasteiger partial charge in [0.15, 0.2) is 11.5 Å². The van der Waals surface area contributed by atoms with Crippen molar-refractivity contribution in [2.75, 3.05) is 5.32 Å². The van der Waals surface area contributed by atoms with Gasteiger partial charge in [-0.1, -0.05) is 26.8 Å². The van der Waals surface area contributed by atoms with Crippen LogP contribution in [-0.2, 0) is 18.1 Å². The fourth-order valence-electron chi connectivity index (χ4n) is 2.20. The molecule has 0 saturated heterocycles. The summed E-state index contributed by atoms with van der Waals surface area (Å²) in [4.78, 5) is 15.9. The molecule has 6 nitrogen and oxygen atoms in total. The molecule has 27 heavy (non-hydrogen) atoms. The van der Waals surface area contributed by atoms with Crippen molar-refractivity contribution in [3.05, 3.63) is 54.0 Å². The predicted octanol–water partition coefficient (Wildman–Crippen LogP) is 4.46. The van der Waals surface area contributed by atoms with Crippen LogP contribution in [0.4, 0.5) is 19.0 Å². The average Bonchev–Trinajstić information content (AvgIpc) is 3.09. The van der Waals surface area contributed by atoms with E-state index in [2.05, 4.69) is 25.3 Å². The van der Waals surface area contributed by atoms with Crippen molar-refractivity contribution in [3.63, 3.8) is 0 Å². The lowest BCUT2D eigenvalue weighted by Gasteiger charge is -2.13. The van der Waals surface area contributed by atoms with Gasteiger partial charge in [-0.15, -0.1) is 0 Å². The highest BCUT2D eigenvalue weighted by Gasteiger charge is 2.34. The molecule has 0 bridgehead atoms. The maximum Gasteiger partial charge on any atom is 0.433 e. The van der Waals surface area contributed by atoms with Gasteiger partial charge in [0.25, 0.3) is 0 Å². The van der Waals surface area contributed by atoms with Crippen LogP contribution in [0.15, 0.2) is 41.1 Å². The van der Waals surface area contributed by atoms with Crippen molar-refractivity contribution in [2.24, 2.45) is 0 Å². The Morgan fingerprint density at radius 2 is 1.85 bits per heavy atom. The third-order valence-electron chi connectivity index (χ3n) is 3.62. The highest BCUT2D eigenvalue weighted by atomic mass is 19.4. The first-order chi connectivity index (χ1) is 12.6. The number of rotatable bonds is 4. The zero-order chi connectivity index (χ0) is 19.7. The highest BCUT2D eigenvalue weighted by Crippen LogP contribution is 2.30. The number of nitrogens with one attached hydrogen (secondary N) is 1. The molecule has 0 unspecified atom stereocenters. The molecule has 3 aromatic heterocycles. The summed E-state index contributed by atoms with van der Waals surface area (Å²) in [7, 11) is 0. The average molecular weight is 377 g/mol. The molecule has 142 valence electrons. The molecule has 9 heteroatoms. The minimum atomic E-state index is -4.61. The molecule has 0 saturated carbocycles. The van der Waals surface area contributed by atoms with Gasteiger partial charge < -0.3 is 9.73 Å². The summed E-state index contributed by atoms with van der Waals surface area (Å²) < 4.78 is 45.2. The number of oxazole rings is 1. The molecule has 0 spiro atoms. The Morgan fingerprint density at radius 3 is 2.44 bits per heavy atom. The third-order valence-corrected chi connectivity index (χ3v) is 3.62. The SMILES string of the molecule is CC(C)(C)c1cnc(CNc2cc(C(F)(F)F)nc(-c3ccccn3)n2)o1. The van der Waals surface area contributed by atoms with Crippen LogP contribution in [0.25, 0.3) is 11.5 Å². The molecule has 0 amide bonds. The van der Waals surface area contributed by atoms with Gasteiger partial charge in [0.2, 0.25) is 5.89 Å². The molecule has 0 atom stereocenters. The molecule has 0 fully saturated rings. The summed E-state index contributed by atoms with van der Waals surface area (Å²) in [6.07, 6.45) is -1.53. The van der Waals surface area contributed by atoms with E-state index < -0.39 is 11.9 Å². The van der Waals surface area contributed by atoms with Gasteiger partial charge in [0.05, 0.1) is 12.7 Å². The van der Waals surface area contributed by atoms with Crippen LogP contribution in [0.2, 0.25) is 0 Å². The molecule has 3 aromatic rings. The van der Waals surface area contributed by atoms with E-state index in [0.717, 1.165) is 6.07 Å². The van der Waals surface area contributed by atoms with E-state index in [1.165, 1.54) is 6.20 Å². The van der Waals surface area contributed by atoms with Gasteiger partial charge >= 0.3 is 6.18 Å². The van der Waals surface area contributed by atoms with Crippen LogP contribution in [0.3, 0.4) is 0 Å². The monoisotopic (exact) mass is 377 g/mol. The maximum absolute atomic E-state index is 13.2. The minimum absolute atomic E-state index is 0.00786. The van der Waals surface area contributed by atoms with Gasteiger partial charge in [-0.2, -0.15) is 13.2 Å². The molecular weight excluding hydrogens is 359 g/mol. The van der Waals surface area contributed by atoms with Crippen LogP contribution < -0.4 is 5.32 Å². The molecular formula is C18H18F3N5O. The lowest BCUT2D eigenvalue weighted by atomic mass is 9.94. The lowest BCUT2D eigenvalue weighted by Crippen LogP contribution is -2.12. The van der Waals surface area contributed by atoms with Gasteiger partial charge in [0, 0.05) is 17.7 Å². The van der Waals surface area contributed by atoms with Crippen molar-refractivity contribution >= 4 is 5.82 Å². The number of anilines is 1. The topological polar surface area (TPSA) is 76.7 Å². The van der Waals surface area contributed by atoms with E-state index in [1.807, 2.05) is 20.8 Å². The van der Waals surface area contributed by atoms with E-state index in [4.69, 9.17) is 4.42 Å². The van der Waals surface area contributed by atoms with E-state index in [1.54, 1.807) is 24.4 Å². The number of nitrogens with zero attached hydrogens (tertiary/aromatic N) is 4. The van der Waals surface area contributed by atoms with E-state index in [9.17, 15) is 13.2 Å². The van der Waals surface area contributed by atoms with Crippen molar-refractivity contribution in [1.82, 2.24) is 19.9 Å². The smallest absolute Gasteiger partial charge is 0.433 e. The molecule has 0 aliphatic carbocycles. The fraction of sp³-hybridized carbons (Fsp3) is 0.333. The summed E-state index contributed by atoms with van der Waals surface area (Å²) in [5.74, 6) is 0.933. The normalized spacial score (nSPS) is 12.2. The largest absolute Gasteiger partial charge is 0.443 e. The predicted molar refractivity (Wildman–Crippen MR) is 92.8 cm³/mol. The zero-order valence-electron chi connectivity index (χ0n) is 15.0. The first-order valence-corrected chi connectivity index (χ1v) is 8.20. The van der Waals surface area contributed by atoms with Crippen molar-refractivity contribution < 1.29 is 17.6 Å². The Bertz CT molecular complexity index is 917. The van der Waals surface area contributed by atoms with Crippen LogP contribution in [0.5, 0.6) is 0 Å². The van der Waals surface area contributed by atoms with Crippen molar-refractivity contribution in [3.8, 4) is 11.5 Å². The summed E-state index contributed by atoms with van der Waals surface area (Å²) >= 11 is 0.